The standard InChI is InChI=1S/C13H7FN2O3/c14-7-1-3-9-10-4-2-8(16(18)19)6-12(10)13(15-17)11(9)5-7/h1-6,17H/b15-13+. The predicted octanol–water partition coefficient (Wildman–Crippen LogP) is 2.94. The van der Waals surface area contributed by atoms with Crippen molar-refractivity contribution in [2.75, 3.05) is 0 Å². The number of benzene rings is 2. The highest BCUT2D eigenvalue weighted by molar-refractivity contribution is 6.24. The summed E-state index contributed by atoms with van der Waals surface area (Å²) in [5.41, 5.74) is 2.28. The van der Waals surface area contributed by atoms with Gasteiger partial charge in [-0.05, 0) is 29.3 Å². The summed E-state index contributed by atoms with van der Waals surface area (Å²) in [6, 6.07) is 8.37. The zero-order valence-corrected chi connectivity index (χ0v) is 9.50. The smallest absolute Gasteiger partial charge is 0.270 e. The highest BCUT2D eigenvalue weighted by Gasteiger charge is 2.27. The Hall–Kier alpha value is -2.76. The average Bonchev–Trinajstić information content (AvgIpc) is 2.70. The molecule has 0 aromatic heterocycles. The van der Waals surface area contributed by atoms with Crippen molar-refractivity contribution >= 4 is 11.4 Å². The summed E-state index contributed by atoms with van der Waals surface area (Å²) in [6.07, 6.45) is 0. The van der Waals surface area contributed by atoms with Crippen molar-refractivity contribution in [3.63, 3.8) is 0 Å². The highest BCUT2D eigenvalue weighted by Crippen LogP contribution is 2.38. The number of nitro groups is 1. The minimum atomic E-state index is -0.529. The minimum absolute atomic E-state index is 0.104. The molecule has 2 aromatic carbocycles. The number of nitrogens with zero attached hydrogens (tertiary/aromatic N) is 2. The maximum absolute atomic E-state index is 13.3. The molecule has 3 rings (SSSR count). The summed E-state index contributed by atoms with van der Waals surface area (Å²) in [5.74, 6) is -0.456. The highest BCUT2D eigenvalue weighted by atomic mass is 19.1. The van der Waals surface area contributed by atoms with Crippen LogP contribution in [-0.2, 0) is 0 Å². The summed E-state index contributed by atoms with van der Waals surface area (Å²) in [7, 11) is 0. The van der Waals surface area contributed by atoms with Gasteiger partial charge in [-0.2, -0.15) is 0 Å². The molecule has 1 N–H and O–H groups in total. The van der Waals surface area contributed by atoms with E-state index in [0.29, 0.717) is 22.3 Å². The van der Waals surface area contributed by atoms with E-state index in [4.69, 9.17) is 5.21 Å². The Balaban J connectivity index is 2.30. The number of halogens is 1. The van der Waals surface area contributed by atoms with Crippen molar-refractivity contribution in [1.82, 2.24) is 0 Å². The molecular formula is C13H7FN2O3. The molecule has 2 aromatic rings. The molecule has 0 fully saturated rings. The van der Waals surface area contributed by atoms with Crippen molar-refractivity contribution in [2.45, 2.75) is 0 Å². The third-order valence-electron chi connectivity index (χ3n) is 3.10. The van der Waals surface area contributed by atoms with Crippen LogP contribution < -0.4 is 0 Å². The Morgan fingerprint density at radius 1 is 1.05 bits per heavy atom. The fourth-order valence-corrected chi connectivity index (χ4v) is 2.28. The molecule has 0 saturated heterocycles. The number of rotatable bonds is 1. The van der Waals surface area contributed by atoms with Gasteiger partial charge in [-0.15, -0.1) is 0 Å². The van der Waals surface area contributed by atoms with Crippen LogP contribution in [0.25, 0.3) is 11.1 Å². The van der Waals surface area contributed by atoms with Crippen molar-refractivity contribution in [2.24, 2.45) is 5.16 Å². The van der Waals surface area contributed by atoms with Crippen LogP contribution in [0.2, 0.25) is 0 Å². The van der Waals surface area contributed by atoms with Crippen LogP contribution in [-0.4, -0.2) is 15.8 Å². The average molecular weight is 258 g/mol. The van der Waals surface area contributed by atoms with Gasteiger partial charge in [0.2, 0.25) is 0 Å². The van der Waals surface area contributed by atoms with Crippen molar-refractivity contribution in [3.8, 4) is 11.1 Å². The van der Waals surface area contributed by atoms with Gasteiger partial charge in [-0.3, -0.25) is 10.1 Å². The first-order chi connectivity index (χ1) is 9.11. The van der Waals surface area contributed by atoms with Gasteiger partial charge in [0.25, 0.3) is 5.69 Å². The molecule has 19 heavy (non-hydrogen) atoms. The van der Waals surface area contributed by atoms with E-state index in [0.717, 1.165) is 0 Å². The van der Waals surface area contributed by atoms with Gasteiger partial charge < -0.3 is 5.21 Å². The lowest BCUT2D eigenvalue weighted by atomic mass is 10.1. The first-order valence-corrected chi connectivity index (χ1v) is 5.43. The summed E-state index contributed by atoms with van der Waals surface area (Å²) >= 11 is 0. The van der Waals surface area contributed by atoms with Gasteiger partial charge in [0.15, 0.2) is 0 Å². The van der Waals surface area contributed by atoms with E-state index in [1.807, 2.05) is 0 Å². The van der Waals surface area contributed by atoms with Crippen molar-refractivity contribution in [1.29, 1.82) is 0 Å². The number of nitro benzene ring substituents is 1. The van der Waals surface area contributed by atoms with Gasteiger partial charge in [-0.1, -0.05) is 11.2 Å². The summed E-state index contributed by atoms with van der Waals surface area (Å²) in [5, 5.41) is 23.0. The zero-order valence-electron chi connectivity index (χ0n) is 9.50. The molecule has 5 nitrogen and oxygen atoms in total. The first-order valence-electron chi connectivity index (χ1n) is 5.43. The van der Waals surface area contributed by atoms with Gasteiger partial charge >= 0.3 is 0 Å². The van der Waals surface area contributed by atoms with Crippen LogP contribution in [0.1, 0.15) is 11.1 Å². The van der Waals surface area contributed by atoms with E-state index >= 15 is 0 Å². The van der Waals surface area contributed by atoms with E-state index in [-0.39, 0.29) is 11.4 Å². The molecule has 0 bridgehead atoms. The molecule has 0 unspecified atom stereocenters. The molecule has 0 heterocycles. The van der Waals surface area contributed by atoms with Gasteiger partial charge in [-0.25, -0.2) is 4.39 Å². The molecule has 1 aliphatic carbocycles. The monoisotopic (exact) mass is 258 g/mol. The van der Waals surface area contributed by atoms with Crippen LogP contribution in [0.15, 0.2) is 41.6 Å². The summed E-state index contributed by atoms with van der Waals surface area (Å²) < 4.78 is 13.3. The zero-order chi connectivity index (χ0) is 13.6. The van der Waals surface area contributed by atoms with Crippen LogP contribution in [0.4, 0.5) is 10.1 Å². The van der Waals surface area contributed by atoms with E-state index in [1.165, 1.54) is 24.3 Å². The summed E-state index contributed by atoms with van der Waals surface area (Å²) in [4.78, 5) is 10.2. The number of hydrogen-bond donors (Lipinski definition) is 1. The molecular weight excluding hydrogens is 251 g/mol. The maximum atomic E-state index is 13.3. The summed E-state index contributed by atoms with van der Waals surface area (Å²) in [6.45, 7) is 0. The minimum Gasteiger partial charge on any atom is -0.410 e. The fourth-order valence-electron chi connectivity index (χ4n) is 2.28. The van der Waals surface area contributed by atoms with Gasteiger partial charge in [0.1, 0.15) is 11.5 Å². The Morgan fingerprint density at radius 2 is 1.68 bits per heavy atom. The normalized spacial score (nSPS) is 14.3. The molecule has 0 amide bonds. The van der Waals surface area contributed by atoms with Crippen LogP contribution in [0, 0.1) is 15.9 Å². The van der Waals surface area contributed by atoms with E-state index in [1.54, 1.807) is 12.1 Å². The molecule has 1 aliphatic rings. The molecule has 0 saturated carbocycles. The van der Waals surface area contributed by atoms with E-state index < -0.39 is 10.7 Å². The van der Waals surface area contributed by atoms with Crippen LogP contribution in [0.5, 0.6) is 0 Å². The van der Waals surface area contributed by atoms with Gasteiger partial charge in [0, 0.05) is 23.3 Å². The number of oxime groups is 1. The first kappa shape index (κ1) is 11.3. The second-order valence-electron chi connectivity index (χ2n) is 4.13. The molecule has 0 spiro atoms. The third kappa shape index (κ3) is 1.57. The molecule has 0 aliphatic heterocycles. The maximum Gasteiger partial charge on any atom is 0.270 e. The van der Waals surface area contributed by atoms with Crippen molar-refractivity contribution < 1.29 is 14.5 Å². The number of non-ortho nitro benzene ring substituents is 1. The molecule has 94 valence electrons. The van der Waals surface area contributed by atoms with Crippen LogP contribution in [0.3, 0.4) is 0 Å². The predicted molar refractivity (Wildman–Crippen MR) is 65.9 cm³/mol. The lowest BCUT2D eigenvalue weighted by Crippen LogP contribution is -1.99. The lowest BCUT2D eigenvalue weighted by Gasteiger charge is -1.99. The Labute approximate surface area is 106 Å². The number of hydrogen-bond acceptors (Lipinski definition) is 4. The fraction of sp³-hybridized carbons (Fsp3) is 0. The number of fused-ring (bicyclic) bond motifs is 3. The second-order valence-corrected chi connectivity index (χ2v) is 4.13. The molecule has 6 heteroatoms. The molecule has 0 atom stereocenters. The molecule has 0 radical (unpaired) electrons. The lowest BCUT2D eigenvalue weighted by molar-refractivity contribution is -0.384. The topological polar surface area (TPSA) is 75.7 Å². The second kappa shape index (κ2) is 3.88. The Morgan fingerprint density at radius 3 is 2.32 bits per heavy atom. The van der Waals surface area contributed by atoms with Crippen molar-refractivity contribution in [3.05, 3.63) is 63.5 Å². The Kier molecular flexibility index (Phi) is 2.31. The van der Waals surface area contributed by atoms with E-state index in [2.05, 4.69) is 5.16 Å². The van der Waals surface area contributed by atoms with Crippen LogP contribution >= 0.6 is 0 Å². The largest absolute Gasteiger partial charge is 0.410 e. The Bertz CT molecular complexity index is 741. The SMILES string of the molecule is O=[N+]([O-])c1ccc2c(c1)/C(=N/O)c1cc(F)ccc1-2. The third-order valence-corrected chi connectivity index (χ3v) is 3.10. The quantitative estimate of drug-likeness (QED) is 0.414. The van der Waals surface area contributed by atoms with E-state index in [9.17, 15) is 14.5 Å². The van der Waals surface area contributed by atoms with Gasteiger partial charge in [0.05, 0.1) is 4.92 Å².